The fraction of sp³-hybridized carbons (Fsp3) is 0.136. The van der Waals surface area contributed by atoms with E-state index in [4.69, 9.17) is 9.47 Å². The lowest BCUT2D eigenvalue weighted by molar-refractivity contribution is 0.0946. The molecule has 0 bridgehead atoms. The predicted molar refractivity (Wildman–Crippen MR) is 108 cm³/mol. The summed E-state index contributed by atoms with van der Waals surface area (Å²) >= 11 is 0. The molecular weight excluding hydrogens is 368 g/mol. The molecule has 0 aliphatic rings. The van der Waals surface area contributed by atoms with Crippen LogP contribution in [-0.2, 0) is 6.54 Å². The molecule has 1 amide bonds. The van der Waals surface area contributed by atoms with Crippen LogP contribution in [-0.4, -0.2) is 27.4 Å². The average Bonchev–Trinajstić information content (AvgIpc) is 3.16. The van der Waals surface area contributed by atoms with Crippen molar-refractivity contribution in [1.29, 1.82) is 0 Å². The maximum Gasteiger partial charge on any atom is 0.271 e. The standard InChI is InChI=1S/C22H20N4O3/c1-15-8-9-26-14-19(25-20(26)10-15)22(27)24-13-16-6-7-21(23-12-16)29-18-5-3-4-17(11-18)28-2/h3-12,14H,13H2,1-2H3,(H,24,27). The van der Waals surface area contributed by atoms with E-state index in [0.29, 0.717) is 29.6 Å². The number of nitrogens with one attached hydrogen (secondary N) is 1. The highest BCUT2D eigenvalue weighted by Crippen LogP contribution is 2.23. The highest BCUT2D eigenvalue weighted by molar-refractivity contribution is 5.92. The maximum atomic E-state index is 12.4. The van der Waals surface area contributed by atoms with Crippen LogP contribution in [0.4, 0.5) is 0 Å². The van der Waals surface area contributed by atoms with Gasteiger partial charge in [-0.15, -0.1) is 0 Å². The molecule has 3 aromatic heterocycles. The van der Waals surface area contributed by atoms with Gasteiger partial charge in [-0.25, -0.2) is 9.97 Å². The van der Waals surface area contributed by atoms with Crippen molar-refractivity contribution in [2.24, 2.45) is 0 Å². The van der Waals surface area contributed by atoms with Gasteiger partial charge in [-0.05, 0) is 42.3 Å². The molecule has 0 unspecified atom stereocenters. The van der Waals surface area contributed by atoms with Gasteiger partial charge in [0.1, 0.15) is 22.8 Å². The van der Waals surface area contributed by atoms with Crippen LogP contribution in [0.2, 0.25) is 0 Å². The third-order valence-corrected chi connectivity index (χ3v) is 4.36. The monoisotopic (exact) mass is 388 g/mol. The van der Waals surface area contributed by atoms with E-state index < -0.39 is 0 Å². The van der Waals surface area contributed by atoms with Crippen molar-refractivity contribution in [3.63, 3.8) is 0 Å². The molecule has 146 valence electrons. The van der Waals surface area contributed by atoms with Crippen LogP contribution in [0.1, 0.15) is 21.6 Å². The van der Waals surface area contributed by atoms with Gasteiger partial charge in [-0.3, -0.25) is 4.79 Å². The Morgan fingerprint density at radius 3 is 2.79 bits per heavy atom. The zero-order valence-electron chi connectivity index (χ0n) is 16.1. The van der Waals surface area contributed by atoms with Crippen molar-refractivity contribution in [2.75, 3.05) is 7.11 Å². The van der Waals surface area contributed by atoms with Gasteiger partial charge in [-0.2, -0.15) is 0 Å². The van der Waals surface area contributed by atoms with E-state index in [2.05, 4.69) is 15.3 Å². The molecule has 0 aliphatic carbocycles. The van der Waals surface area contributed by atoms with Gasteiger partial charge in [0, 0.05) is 37.3 Å². The van der Waals surface area contributed by atoms with E-state index >= 15 is 0 Å². The molecule has 1 N–H and O–H groups in total. The van der Waals surface area contributed by atoms with E-state index in [0.717, 1.165) is 16.8 Å². The molecule has 1 aromatic carbocycles. The Balaban J connectivity index is 1.37. The number of methoxy groups -OCH3 is 1. The molecular formula is C22H20N4O3. The van der Waals surface area contributed by atoms with Crippen LogP contribution in [0.25, 0.3) is 5.65 Å². The predicted octanol–water partition coefficient (Wildman–Crippen LogP) is 3.77. The molecule has 0 saturated carbocycles. The normalized spacial score (nSPS) is 10.7. The van der Waals surface area contributed by atoms with E-state index in [-0.39, 0.29) is 5.91 Å². The van der Waals surface area contributed by atoms with Crippen molar-refractivity contribution < 1.29 is 14.3 Å². The van der Waals surface area contributed by atoms with E-state index in [1.807, 2.05) is 53.9 Å². The summed E-state index contributed by atoms with van der Waals surface area (Å²) in [5, 5.41) is 2.86. The molecule has 29 heavy (non-hydrogen) atoms. The number of carbonyl (C=O) groups excluding carboxylic acids is 1. The number of amides is 1. The number of aryl methyl sites for hydroxylation is 1. The number of pyridine rings is 2. The molecule has 7 heteroatoms. The molecule has 3 heterocycles. The van der Waals surface area contributed by atoms with Crippen LogP contribution < -0.4 is 14.8 Å². The van der Waals surface area contributed by atoms with Crippen LogP contribution in [0.5, 0.6) is 17.4 Å². The topological polar surface area (TPSA) is 77.8 Å². The first-order valence-electron chi connectivity index (χ1n) is 9.11. The molecule has 0 fully saturated rings. The first-order valence-corrected chi connectivity index (χ1v) is 9.11. The Bertz CT molecular complexity index is 1150. The van der Waals surface area contributed by atoms with Crippen LogP contribution >= 0.6 is 0 Å². The van der Waals surface area contributed by atoms with Crippen LogP contribution in [0, 0.1) is 6.92 Å². The number of rotatable bonds is 6. The summed E-state index contributed by atoms with van der Waals surface area (Å²) in [6.45, 7) is 2.33. The Hall–Kier alpha value is -3.87. The van der Waals surface area contributed by atoms with E-state index in [1.54, 1.807) is 31.6 Å². The summed E-state index contributed by atoms with van der Waals surface area (Å²) in [4.78, 5) is 21.1. The summed E-state index contributed by atoms with van der Waals surface area (Å²) < 4.78 is 12.7. The maximum absolute atomic E-state index is 12.4. The van der Waals surface area contributed by atoms with E-state index in [9.17, 15) is 4.79 Å². The van der Waals surface area contributed by atoms with E-state index in [1.165, 1.54) is 0 Å². The van der Waals surface area contributed by atoms with Crippen molar-refractivity contribution in [1.82, 2.24) is 19.7 Å². The van der Waals surface area contributed by atoms with Crippen molar-refractivity contribution in [2.45, 2.75) is 13.5 Å². The minimum absolute atomic E-state index is 0.233. The second-order valence-electron chi connectivity index (χ2n) is 6.56. The van der Waals surface area contributed by atoms with Gasteiger partial charge < -0.3 is 19.2 Å². The fourth-order valence-electron chi connectivity index (χ4n) is 2.83. The molecule has 0 radical (unpaired) electrons. The van der Waals surface area contributed by atoms with Gasteiger partial charge in [0.25, 0.3) is 5.91 Å². The lowest BCUT2D eigenvalue weighted by Crippen LogP contribution is -2.23. The minimum atomic E-state index is -0.233. The lowest BCUT2D eigenvalue weighted by atomic mass is 10.3. The Kier molecular flexibility index (Phi) is 5.11. The number of imidazole rings is 1. The average molecular weight is 388 g/mol. The van der Waals surface area contributed by atoms with Gasteiger partial charge >= 0.3 is 0 Å². The Labute approximate surface area is 168 Å². The fourth-order valence-corrected chi connectivity index (χ4v) is 2.83. The number of benzene rings is 1. The first-order chi connectivity index (χ1) is 14.1. The van der Waals surface area contributed by atoms with Crippen LogP contribution in [0.15, 0.2) is 67.1 Å². The Morgan fingerprint density at radius 2 is 2.00 bits per heavy atom. The second kappa shape index (κ2) is 8.02. The van der Waals surface area contributed by atoms with Gasteiger partial charge in [0.15, 0.2) is 0 Å². The first kappa shape index (κ1) is 18.5. The molecule has 0 atom stereocenters. The summed E-state index contributed by atoms with van der Waals surface area (Å²) in [5.41, 5.74) is 3.07. The molecule has 7 nitrogen and oxygen atoms in total. The summed E-state index contributed by atoms with van der Waals surface area (Å²) in [6, 6.07) is 14.8. The molecule has 0 spiro atoms. The molecule has 0 aliphatic heterocycles. The number of nitrogens with zero attached hydrogens (tertiary/aromatic N) is 3. The molecule has 0 saturated heterocycles. The number of fused-ring (bicyclic) bond motifs is 1. The zero-order chi connectivity index (χ0) is 20.2. The van der Waals surface area contributed by atoms with Gasteiger partial charge in [0.2, 0.25) is 5.88 Å². The van der Waals surface area contributed by atoms with Crippen LogP contribution in [0.3, 0.4) is 0 Å². The third-order valence-electron chi connectivity index (χ3n) is 4.36. The zero-order valence-corrected chi connectivity index (χ0v) is 16.1. The number of hydrogen-bond donors (Lipinski definition) is 1. The number of hydrogen-bond acceptors (Lipinski definition) is 5. The third kappa shape index (κ3) is 4.35. The van der Waals surface area contributed by atoms with Crippen molar-refractivity contribution in [3.8, 4) is 17.4 Å². The molecule has 4 rings (SSSR count). The Morgan fingerprint density at radius 1 is 1.14 bits per heavy atom. The summed E-state index contributed by atoms with van der Waals surface area (Å²) in [5.74, 6) is 1.58. The van der Waals surface area contributed by atoms with Gasteiger partial charge in [-0.1, -0.05) is 12.1 Å². The lowest BCUT2D eigenvalue weighted by Gasteiger charge is -2.07. The van der Waals surface area contributed by atoms with Crippen molar-refractivity contribution in [3.05, 3.63) is 83.9 Å². The number of carbonyl (C=O) groups is 1. The number of ether oxygens (including phenoxy) is 2. The highest BCUT2D eigenvalue weighted by atomic mass is 16.5. The largest absolute Gasteiger partial charge is 0.497 e. The SMILES string of the molecule is COc1cccc(Oc2ccc(CNC(=O)c3cn4ccc(C)cc4n3)cn2)c1. The summed E-state index contributed by atoms with van der Waals surface area (Å²) in [7, 11) is 1.60. The smallest absolute Gasteiger partial charge is 0.271 e. The quantitative estimate of drug-likeness (QED) is 0.544. The van der Waals surface area contributed by atoms with Crippen molar-refractivity contribution >= 4 is 11.6 Å². The van der Waals surface area contributed by atoms with Gasteiger partial charge in [0.05, 0.1) is 7.11 Å². The second-order valence-corrected chi connectivity index (χ2v) is 6.56. The number of aromatic nitrogens is 3. The minimum Gasteiger partial charge on any atom is -0.497 e. The summed E-state index contributed by atoms with van der Waals surface area (Å²) in [6.07, 6.45) is 5.27. The highest BCUT2D eigenvalue weighted by Gasteiger charge is 2.11. The molecule has 4 aromatic rings.